The Balaban J connectivity index is 1.84. The first kappa shape index (κ1) is 10.7. The lowest BCUT2D eigenvalue weighted by Gasteiger charge is -2.01. The van der Waals surface area contributed by atoms with Gasteiger partial charge in [0.05, 0.1) is 6.61 Å². The van der Waals surface area contributed by atoms with Crippen LogP contribution < -0.4 is 0 Å². The molecule has 0 aliphatic heterocycles. The molecule has 2 heteroatoms. The molecule has 0 amide bonds. The number of hydrogen-bond donors (Lipinski definition) is 0. The van der Waals surface area contributed by atoms with E-state index in [2.05, 4.69) is 6.92 Å². The van der Waals surface area contributed by atoms with E-state index in [1.807, 2.05) is 0 Å². The van der Waals surface area contributed by atoms with E-state index < -0.39 is 0 Å². The lowest BCUT2D eigenvalue weighted by molar-refractivity contribution is -0.120. The van der Waals surface area contributed by atoms with Crippen molar-refractivity contribution in [2.75, 3.05) is 13.2 Å². The zero-order chi connectivity index (χ0) is 9.52. The molecule has 1 fully saturated rings. The van der Waals surface area contributed by atoms with Gasteiger partial charge in [0.2, 0.25) is 0 Å². The molecule has 1 aliphatic carbocycles. The highest BCUT2D eigenvalue weighted by Gasteiger charge is 2.21. The van der Waals surface area contributed by atoms with Gasteiger partial charge in [0.25, 0.3) is 0 Å². The number of rotatable bonds is 8. The van der Waals surface area contributed by atoms with Crippen LogP contribution in [0.25, 0.3) is 0 Å². The Labute approximate surface area is 80.7 Å². The van der Waals surface area contributed by atoms with Crippen LogP contribution in [0.5, 0.6) is 0 Å². The van der Waals surface area contributed by atoms with Crippen LogP contribution in [-0.4, -0.2) is 19.0 Å². The Bertz CT molecular complexity index is 150. The highest BCUT2D eigenvalue weighted by Crippen LogP contribution is 2.33. The second kappa shape index (κ2) is 6.14. The molecule has 0 aromatic rings. The Morgan fingerprint density at radius 3 is 2.69 bits per heavy atom. The molecule has 0 saturated heterocycles. The predicted molar refractivity (Wildman–Crippen MR) is 52.7 cm³/mol. The molecule has 0 N–H and O–H groups in total. The van der Waals surface area contributed by atoms with Crippen LogP contribution in [0.15, 0.2) is 0 Å². The van der Waals surface area contributed by atoms with Gasteiger partial charge in [-0.2, -0.15) is 0 Å². The Morgan fingerprint density at radius 2 is 2.08 bits per heavy atom. The van der Waals surface area contributed by atoms with Crippen molar-refractivity contribution >= 4 is 5.78 Å². The summed E-state index contributed by atoms with van der Waals surface area (Å²) in [6, 6.07) is 0. The fourth-order valence-electron chi connectivity index (χ4n) is 1.33. The summed E-state index contributed by atoms with van der Waals surface area (Å²) in [5.41, 5.74) is 0. The molecule has 2 nitrogen and oxygen atoms in total. The zero-order valence-corrected chi connectivity index (χ0v) is 8.55. The van der Waals surface area contributed by atoms with E-state index in [1.54, 1.807) is 0 Å². The molecule has 1 rings (SSSR count). The second-order valence-corrected chi connectivity index (χ2v) is 3.88. The number of ether oxygens (including phenoxy) is 1. The van der Waals surface area contributed by atoms with Gasteiger partial charge in [0.15, 0.2) is 0 Å². The molecule has 1 saturated carbocycles. The van der Waals surface area contributed by atoms with Gasteiger partial charge >= 0.3 is 0 Å². The lowest BCUT2D eigenvalue weighted by atomic mass is 10.1. The largest absolute Gasteiger partial charge is 0.381 e. The van der Waals surface area contributed by atoms with Crippen LogP contribution >= 0.6 is 0 Å². The molecular formula is C11H20O2. The summed E-state index contributed by atoms with van der Waals surface area (Å²) in [6.45, 7) is 3.49. The summed E-state index contributed by atoms with van der Waals surface area (Å²) in [4.78, 5) is 11.3. The maximum Gasteiger partial charge on any atom is 0.135 e. The smallest absolute Gasteiger partial charge is 0.135 e. The van der Waals surface area contributed by atoms with E-state index in [1.165, 1.54) is 12.8 Å². The van der Waals surface area contributed by atoms with Crippen LogP contribution in [0.1, 0.15) is 45.4 Å². The Kier molecular flexibility index (Phi) is 5.06. The topological polar surface area (TPSA) is 26.3 Å². The van der Waals surface area contributed by atoms with E-state index in [0.717, 1.165) is 31.8 Å². The number of hydrogen-bond acceptors (Lipinski definition) is 2. The van der Waals surface area contributed by atoms with Crippen LogP contribution in [0.2, 0.25) is 0 Å². The molecule has 0 radical (unpaired) electrons. The zero-order valence-electron chi connectivity index (χ0n) is 8.55. The molecular weight excluding hydrogens is 164 g/mol. The molecule has 0 aromatic carbocycles. The normalized spacial score (nSPS) is 16.1. The van der Waals surface area contributed by atoms with Crippen LogP contribution in [0, 0.1) is 5.92 Å². The lowest BCUT2D eigenvalue weighted by Crippen LogP contribution is -2.04. The van der Waals surface area contributed by atoms with Gasteiger partial charge < -0.3 is 4.74 Å². The van der Waals surface area contributed by atoms with Gasteiger partial charge in [-0.15, -0.1) is 0 Å². The summed E-state index contributed by atoms with van der Waals surface area (Å²) in [6.07, 6.45) is 6.25. The number of ketones is 1. The Morgan fingerprint density at radius 1 is 1.31 bits per heavy atom. The number of Topliss-reactive ketones (excluding diaryl/α,β-unsaturated/α-hetero) is 1. The van der Waals surface area contributed by atoms with Crippen LogP contribution in [0.4, 0.5) is 0 Å². The third-order valence-electron chi connectivity index (χ3n) is 2.40. The second-order valence-electron chi connectivity index (χ2n) is 3.88. The van der Waals surface area contributed by atoms with Crippen LogP contribution in [0.3, 0.4) is 0 Å². The van der Waals surface area contributed by atoms with Crippen molar-refractivity contribution in [2.24, 2.45) is 5.92 Å². The van der Waals surface area contributed by atoms with Crippen molar-refractivity contribution in [1.29, 1.82) is 0 Å². The van der Waals surface area contributed by atoms with E-state index in [0.29, 0.717) is 18.8 Å². The summed E-state index contributed by atoms with van der Waals surface area (Å²) in [5.74, 6) is 1.25. The van der Waals surface area contributed by atoms with Gasteiger partial charge in [0, 0.05) is 19.4 Å². The molecule has 0 spiro atoms. The third-order valence-corrected chi connectivity index (χ3v) is 2.40. The van der Waals surface area contributed by atoms with Gasteiger partial charge in [-0.25, -0.2) is 0 Å². The maximum absolute atomic E-state index is 11.3. The summed E-state index contributed by atoms with van der Waals surface area (Å²) in [7, 11) is 0. The molecule has 0 atom stereocenters. The van der Waals surface area contributed by atoms with E-state index in [9.17, 15) is 4.79 Å². The Hall–Kier alpha value is -0.370. The number of carbonyl (C=O) groups excluding carboxylic acids is 1. The summed E-state index contributed by atoms with van der Waals surface area (Å²) < 4.78 is 5.26. The molecule has 0 unspecified atom stereocenters. The molecule has 1 aliphatic rings. The molecule has 0 bridgehead atoms. The quantitative estimate of drug-likeness (QED) is 0.542. The van der Waals surface area contributed by atoms with E-state index in [-0.39, 0.29) is 0 Å². The fourth-order valence-corrected chi connectivity index (χ4v) is 1.33. The van der Waals surface area contributed by atoms with Crippen molar-refractivity contribution in [3.05, 3.63) is 0 Å². The molecule has 0 heterocycles. The van der Waals surface area contributed by atoms with Gasteiger partial charge in [0.1, 0.15) is 5.78 Å². The minimum Gasteiger partial charge on any atom is -0.381 e. The first-order chi connectivity index (χ1) is 6.33. The van der Waals surface area contributed by atoms with Crippen molar-refractivity contribution < 1.29 is 9.53 Å². The minimum absolute atomic E-state index is 0.378. The van der Waals surface area contributed by atoms with Crippen LogP contribution in [-0.2, 0) is 9.53 Å². The van der Waals surface area contributed by atoms with E-state index >= 15 is 0 Å². The molecule has 13 heavy (non-hydrogen) atoms. The first-order valence-corrected chi connectivity index (χ1v) is 5.42. The summed E-state index contributed by atoms with van der Waals surface area (Å²) in [5, 5.41) is 0. The highest BCUT2D eigenvalue weighted by molar-refractivity contribution is 5.78. The summed E-state index contributed by atoms with van der Waals surface area (Å²) >= 11 is 0. The highest BCUT2D eigenvalue weighted by atomic mass is 16.5. The van der Waals surface area contributed by atoms with Crippen molar-refractivity contribution in [2.45, 2.75) is 45.4 Å². The van der Waals surface area contributed by atoms with E-state index in [4.69, 9.17) is 4.74 Å². The minimum atomic E-state index is 0.378. The standard InChI is InChI=1S/C11H20O2/c1-2-8-13-9-7-11(12)6-5-10-3-4-10/h10H,2-9H2,1H3. The third kappa shape index (κ3) is 5.81. The maximum atomic E-state index is 11.3. The van der Waals surface area contributed by atoms with Crippen molar-refractivity contribution in [3.63, 3.8) is 0 Å². The van der Waals surface area contributed by atoms with Crippen molar-refractivity contribution in [3.8, 4) is 0 Å². The average molecular weight is 184 g/mol. The molecule has 76 valence electrons. The molecule has 0 aromatic heterocycles. The van der Waals surface area contributed by atoms with Gasteiger partial charge in [-0.3, -0.25) is 4.79 Å². The SMILES string of the molecule is CCCOCCC(=O)CCC1CC1. The van der Waals surface area contributed by atoms with Gasteiger partial charge in [-0.05, 0) is 18.8 Å². The van der Waals surface area contributed by atoms with Gasteiger partial charge in [-0.1, -0.05) is 19.8 Å². The average Bonchev–Trinajstić information content (AvgIpc) is 2.92. The fraction of sp³-hybridized carbons (Fsp3) is 0.909. The predicted octanol–water partition coefficient (Wildman–Crippen LogP) is 2.56. The number of carbonyl (C=O) groups is 1. The van der Waals surface area contributed by atoms with Crippen molar-refractivity contribution in [1.82, 2.24) is 0 Å². The first-order valence-electron chi connectivity index (χ1n) is 5.42. The monoisotopic (exact) mass is 184 g/mol.